The standard InChI is InChI=1S/C13H18ClFO/c1-3-5-9(2)8-12(16)10-6-4-7-11(14)13(10)15/h4,6-7,9,12,16H,3,5,8H2,1-2H3. The number of aliphatic hydroxyl groups excluding tert-OH is 1. The summed E-state index contributed by atoms with van der Waals surface area (Å²) in [5.41, 5.74) is 0.301. The molecule has 90 valence electrons. The van der Waals surface area contributed by atoms with Crippen molar-refractivity contribution in [2.24, 2.45) is 5.92 Å². The van der Waals surface area contributed by atoms with Crippen molar-refractivity contribution in [3.05, 3.63) is 34.6 Å². The first-order chi connectivity index (χ1) is 7.56. The Labute approximate surface area is 101 Å². The maximum absolute atomic E-state index is 13.6. The average Bonchev–Trinajstić information content (AvgIpc) is 2.22. The minimum atomic E-state index is -0.764. The molecule has 0 spiro atoms. The molecule has 16 heavy (non-hydrogen) atoms. The second-order valence-electron chi connectivity index (χ2n) is 4.29. The van der Waals surface area contributed by atoms with Crippen molar-refractivity contribution >= 4 is 11.6 Å². The smallest absolute Gasteiger partial charge is 0.147 e. The van der Waals surface area contributed by atoms with Crippen molar-refractivity contribution in [1.82, 2.24) is 0 Å². The van der Waals surface area contributed by atoms with E-state index in [1.54, 1.807) is 12.1 Å². The van der Waals surface area contributed by atoms with Crippen molar-refractivity contribution in [2.75, 3.05) is 0 Å². The first kappa shape index (κ1) is 13.5. The van der Waals surface area contributed by atoms with Gasteiger partial charge in [-0.05, 0) is 18.4 Å². The van der Waals surface area contributed by atoms with Gasteiger partial charge < -0.3 is 5.11 Å². The Bertz CT molecular complexity index is 341. The quantitative estimate of drug-likeness (QED) is 0.817. The van der Waals surface area contributed by atoms with Crippen LogP contribution in [0.15, 0.2) is 18.2 Å². The summed E-state index contributed by atoms with van der Waals surface area (Å²) in [4.78, 5) is 0. The molecule has 1 nitrogen and oxygen atoms in total. The second-order valence-corrected chi connectivity index (χ2v) is 4.70. The minimum Gasteiger partial charge on any atom is -0.388 e. The third kappa shape index (κ3) is 3.46. The molecule has 0 heterocycles. The molecule has 3 heteroatoms. The lowest BCUT2D eigenvalue weighted by molar-refractivity contribution is 0.141. The largest absolute Gasteiger partial charge is 0.388 e. The lowest BCUT2D eigenvalue weighted by Gasteiger charge is -2.17. The van der Waals surface area contributed by atoms with Crippen LogP contribution in [-0.2, 0) is 0 Å². The Morgan fingerprint density at radius 2 is 2.12 bits per heavy atom. The van der Waals surface area contributed by atoms with E-state index in [9.17, 15) is 9.50 Å². The number of halogens is 2. The van der Waals surface area contributed by atoms with Crippen LogP contribution < -0.4 is 0 Å². The van der Waals surface area contributed by atoms with Crippen molar-refractivity contribution in [2.45, 2.75) is 39.2 Å². The maximum Gasteiger partial charge on any atom is 0.147 e. The fourth-order valence-corrected chi connectivity index (χ4v) is 2.08. The summed E-state index contributed by atoms with van der Waals surface area (Å²) in [5.74, 6) is -0.112. The number of hydrogen-bond donors (Lipinski definition) is 1. The Kier molecular flexibility index (Phi) is 5.23. The van der Waals surface area contributed by atoms with Gasteiger partial charge in [0.1, 0.15) is 5.82 Å². The zero-order chi connectivity index (χ0) is 12.1. The van der Waals surface area contributed by atoms with Gasteiger partial charge in [-0.25, -0.2) is 4.39 Å². The second kappa shape index (κ2) is 6.21. The van der Waals surface area contributed by atoms with Crippen LogP contribution in [0.2, 0.25) is 5.02 Å². The fraction of sp³-hybridized carbons (Fsp3) is 0.538. The highest BCUT2D eigenvalue weighted by Crippen LogP contribution is 2.28. The predicted octanol–water partition coefficient (Wildman–Crippen LogP) is 4.34. The summed E-state index contributed by atoms with van der Waals surface area (Å²) in [6.07, 6.45) is 1.93. The summed E-state index contributed by atoms with van der Waals surface area (Å²) in [6.45, 7) is 4.16. The average molecular weight is 245 g/mol. The van der Waals surface area contributed by atoms with E-state index < -0.39 is 11.9 Å². The molecule has 1 aromatic carbocycles. The molecule has 2 atom stereocenters. The SMILES string of the molecule is CCCC(C)CC(O)c1cccc(Cl)c1F. The van der Waals surface area contributed by atoms with Crippen LogP contribution in [0.1, 0.15) is 44.8 Å². The molecule has 1 N–H and O–H groups in total. The zero-order valence-electron chi connectivity index (χ0n) is 9.71. The first-order valence-corrected chi connectivity index (χ1v) is 6.06. The van der Waals surface area contributed by atoms with E-state index in [0.29, 0.717) is 17.9 Å². The molecule has 0 fully saturated rings. The Morgan fingerprint density at radius 1 is 1.44 bits per heavy atom. The van der Waals surface area contributed by atoms with E-state index in [4.69, 9.17) is 11.6 Å². The van der Waals surface area contributed by atoms with Gasteiger partial charge in [0, 0.05) is 5.56 Å². The topological polar surface area (TPSA) is 20.2 Å². The Balaban J connectivity index is 2.72. The van der Waals surface area contributed by atoms with E-state index in [1.807, 2.05) is 0 Å². The molecule has 0 amide bonds. The summed E-state index contributed by atoms with van der Waals surface area (Å²) in [7, 11) is 0. The van der Waals surface area contributed by atoms with Crippen LogP contribution in [0, 0.1) is 11.7 Å². The van der Waals surface area contributed by atoms with Gasteiger partial charge >= 0.3 is 0 Å². The summed E-state index contributed by atoms with van der Waals surface area (Å²) in [6, 6.07) is 4.74. The molecule has 0 radical (unpaired) electrons. The third-order valence-corrected chi connectivity index (χ3v) is 3.04. The normalized spacial score (nSPS) is 14.8. The lowest BCUT2D eigenvalue weighted by Crippen LogP contribution is -2.06. The number of aliphatic hydroxyl groups is 1. The van der Waals surface area contributed by atoms with Gasteiger partial charge in [0.25, 0.3) is 0 Å². The predicted molar refractivity (Wildman–Crippen MR) is 65.1 cm³/mol. The Morgan fingerprint density at radius 3 is 2.75 bits per heavy atom. The molecule has 1 rings (SSSR count). The first-order valence-electron chi connectivity index (χ1n) is 5.68. The van der Waals surface area contributed by atoms with E-state index in [1.165, 1.54) is 6.07 Å². The molecule has 1 aromatic rings. The molecular weight excluding hydrogens is 227 g/mol. The van der Waals surface area contributed by atoms with Gasteiger partial charge in [-0.15, -0.1) is 0 Å². The van der Waals surface area contributed by atoms with Crippen LogP contribution in [0.25, 0.3) is 0 Å². The molecule has 2 unspecified atom stereocenters. The molecule has 0 saturated heterocycles. The van der Waals surface area contributed by atoms with Gasteiger partial charge in [-0.1, -0.05) is 50.4 Å². The molecule has 0 aliphatic heterocycles. The maximum atomic E-state index is 13.6. The number of rotatable bonds is 5. The molecule has 0 aromatic heterocycles. The number of benzene rings is 1. The van der Waals surface area contributed by atoms with Crippen LogP contribution >= 0.6 is 11.6 Å². The van der Waals surface area contributed by atoms with Gasteiger partial charge in [0.05, 0.1) is 11.1 Å². The molecule has 0 saturated carbocycles. The molecule has 0 aliphatic rings. The van der Waals surface area contributed by atoms with Crippen molar-refractivity contribution < 1.29 is 9.50 Å². The fourth-order valence-electron chi connectivity index (χ4n) is 1.90. The summed E-state index contributed by atoms with van der Waals surface area (Å²) in [5, 5.41) is 9.99. The van der Waals surface area contributed by atoms with Crippen molar-refractivity contribution in [1.29, 1.82) is 0 Å². The molecule has 0 bridgehead atoms. The molecule has 0 aliphatic carbocycles. The van der Waals surface area contributed by atoms with Gasteiger partial charge in [-0.2, -0.15) is 0 Å². The highest BCUT2D eigenvalue weighted by Gasteiger charge is 2.17. The zero-order valence-corrected chi connectivity index (χ0v) is 10.5. The lowest BCUT2D eigenvalue weighted by atomic mass is 9.95. The molecular formula is C13H18ClFO. The minimum absolute atomic E-state index is 0.0692. The van der Waals surface area contributed by atoms with Crippen LogP contribution in [0.5, 0.6) is 0 Å². The van der Waals surface area contributed by atoms with E-state index in [-0.39, 0.29) is 5.02 Å². The number of hydrogen-bond acceptors (Lipinski definition) is 1. The van der Waals surface area contributed by atoms with E-state index in [0.717, 1.165) is 12.8 Å². The Hall–Kier alpha value is -0.600. The van der Waals surface area contributed by atoms with E-state index >= 15 is 0 Å². The van der Waals surface area contributed by atoms with Crippen molar-refractivity contribution in [3.8, 4) is 0 Å². The van der Waals surface area contributed by atoms with Crippen molar-refractivity contribution in [3.63, 3.8) is 0 Å². The monoisotopic (exact) mass is 244 g/mol. The highest BCUT2D eigenvalue weighted by molar-refractivity contribution is 6.30. The summed E-state index contributed by atoms with van der Waals surface area (Å²) < 4.78 is 13.6. The highest BCUT2D eigenvalue weighted by atomic mass is 35.5. The summed E-state index contributed by atoms with van der Waals surface area (Å²) >= 11 is 5.67. The van der Waals surface area contributed by atoms with E-state index in [2.05, 4.69) is 13.8 Å². The van der Waals surface area contributed by atoms with Gasteiger partial charge in [0.2, 0.25) is 0 Å². The van der Waals surface area contributed by atoms with Gasteiger partial charge in [0.15, 0.2) is 0 Å². The van der Waals surface area contributed by atoms with Gasteiger partial charge in [-0.3, -0.25) is 0 Å². The van der Waals surface area contributed by atoms with Crippen LogP contribution in [-0.4, -0.2) is 5.11 Å². The van der Waals surface area contributed by atoms with Crippen LogP contribution in [0.3, 0.4) is 0 Å². The van der Waals surface area contributed by atoms with Crippen LogP contribution in [0.4, 0.5) is 4.39 Å². The third-order valence-electron chi connectivity index (χ3n) is 2.75.